The number of imidazole rings is 1. The Morgan fingerprint density at radius 1 is 1.04 bits per heavy atom. The van der Waals surface area contributed by atoms with Crippen LogP contribution in [0.15, 0.2) is 65.4 Å². The molecule has 0 aliphatic carbocycles. The number of halogens is 2. The van der Waals surface area contributed by atoms with Crippen molar-refractivity contribution in [1.82, 2.24) is 9.38 Å². The molecule has 0 spiro atoms. The monoisotopic (exact) mass is 456 g/mol. The zero-order valence-corrected chi connectivity index (χ0v) is 17.8. The van der Waals surface area contributed by atoms with E-state index in [1.165, 1.54) is 0 Å². The largest absolute Gasteiger partial charge is 0.493 e. The van der Waals surface area contributed by atoms with Crippen LogP contribution < -0.4 is 9.47 Å². The van der Waals surface area contributed by atoms with E-state index in [1.807, 2.05) is 66.2 Å². The first-order valence-electron chi connectivity index (χ1n) is 8.74. The number of rotatable bonds is 5. The number of fused-ring (bicyclic) bond motifs is 1. The Labute approximate surface area is 176 Å². The van der Waals surface area contributed by atoms with Crippen LogP contribution in [-0.4, -0.2) is 16.5 Å². The second-order valence-electron chi connectivity index (χ2n) is 6.48. The molecule has 28 heavy (non-hydrogen) atoms. The lowest BCUT2D eigenvalue weighted by atomic mass is 10.1. The highest BCUT2D eigenvalue weighted by Crippen LogP contribution is 2.33. The second kappa shape index (κ2) is 7.86. The van der Waals surface area contributed by atoms with Crippen molar-refractivity contribution in [1.29, 1.82) is 0 Å². The van der Waals surface area contributed by atoms with Gasteiger partial charge in [-0.1, -0.05) is 23.7 Å². The van der Waals surface area contributed by atoms with E-state index >= 15 is 0 Å². The molecule has 0 saturated carbocycles. The lowest BCUT2D eigenvalue weighted by Gasteiger charge is -2.12. The molecule has 142 valence electrons. The lowest BCUT2D eigenvalue weighted by molar-refractivity contribution is 0.284. The van der Waals surface area contributed by atoms with Crippen molar-refractivity contribution in [2.75, 3.05) is 7.11 Å². The number of methoxy groups -OCH3 is 1. The van der Waals surface area contributed by atoms with Crippen molar-refractivity contribution < 1.29 is 9.47 Å². The summed E-state index contributed by atoms with van der Waals surface area (Å²) in [4.78, 5) is 4.76. The number of pyridine rings is 1. The highest BCUT2D eigenvalue weighted by molar-refractivity contribution is 9.10. The average Bonchev–Trinajstić information content (AvgIpc) is 3.12. The van der Waals surface area contributed by atoms with E-state index < -0.39 is 0 Å². The molecule has 0 aliphatic rings. The first kappa shape index (κ1) is 18.8. The topological polar surface area (TPSA) is 35.8 Å². The SMILES string of the molecule is COc1cc(-c2cn3cc(Br)cc(C)c3n2)ccc1OCc1ccc(Cl)cc1. The van der Waals surface area contributed by atoms with Crippen LogP contribution in [0.2, 0.25) is 5.02 Å². The first-order chi connectivity index (χ1) is 13.5. The van der Waals surface area contributed by atoms with Crippen LogP contribution in [0.1, 0.15) is 11.1 Å². The molecule has 0 aliphatic heterocycles. The van der Waals surface area contributed by atoms with Gasteiger partial charge in [-0.05, 0) is 70.4 Å². The molecule has 4 rings (SSSR count). The lowest BCUT2D eigenvalue weighted by Crippen LogP contribution is -1.98. The summed E-state index contributed by atoms with van der Waals surface area (Å²) in [6, 6.07) is 15.5. The summed E-state index contributed by atoms with van der Waals surface area (Å²) >= 11 is 9.46. The third-order valence-corrected chi connectivity index (χ3v) is 5.15. The van der Waals surface area contributed by atoms with Crippen molar-refractivity contribution in [3.8, 4) is 22.8 Å². The minimum Gasteiger partial charge on any atom is -0.493 e. The molecule has 6 heteroatoms. The minimum absolute atomic E-state index is 0.439. The van der Waals surface area contributed by atoms with Gasteiger partial charge in [0, 0.05) is 27.5 Å². The molecular formula is C22H18BrClN2O2. The van der Waals surface area contributed by atoms with E-state index in [0.717, 1.165) is 32.5 Å². The normalized spacial score (nSPS) is 11.0. The van der Waals surface area contributed by atoms with Crippen molar-refractivity contribution in [2.45, 2.75) is 13.5 Å². The summed E-state index contributed by atoms with van der Waals surface area (Å²) in [5.41, 5.74) is 4.92. The van der Waals surface area contributed by atoms with Gasteiger partial charge in [-0.25, -0.2) is 4.98 Å². The summed E-state index contributed by atoms with van der Waals surface area (Å²) < 4.78 is 14.5. The predicted octanol–water partition coefficient (Wildman–Crippen LogP) is 6.31. The van der Waals surface area contributed by atoms with E-state index in [9.17, 15) is 0 Å². The fourth-order valence-corrected chi connectivity index (χ4v) is 3.74. The van der Waals surface area contributed by atoms with Crippen LogP contribution in [0.5, 0.6) is 11.5 Å². The van der Waals surface area contributed by atoms with Gasteiger partial charge in [-0.3, -0.25) is 0 Å². The number of hydrogen-bond acceptors (Lipinski definition) is 3. The van der Waals surface area contributed by atoms with E-state index in [1.54, 1.807) is 7.11 Å². The minimum atomic E-state index is 0.439. The van der Waals surface area contributed by atoms with Gasteiger partial charge in [0.05, 0.1) is 12.8 Å². The summed E-state index contributed by atoms with van der Waals surface area (Å²) in [7, 11) is 1.64. The number of nitrogens with zero attached hydrogens (tertiary/aromatic N) is 2. The molecule has 0 unspecified atom stereocenters. The Hall–Kier alpha value is -2.50. The van der Waals surface area contributed by atoms with Gasteiger partial charge in [0.15, 0.2) is 11.5 Å². The summed E-state index contributed by atoms with van der Waals surface area (Å²) in [5, 5.41) is 0.709. The highest BCUT2D eigenvalue weighted by atomic mass is 79.9. The third kappa shape index (κ3) is 3.86. The van der Waals surface area contributed by atoms with Gasteiger partial charge in [0.1, 0.15) is 12.3 Å². The van der Waals surface area contributed by atoms with Crippen LogP contribution >= 0.6 is 27.5 Å². The number of hydrogen-bond donors (Lipinski definition) is 0. The predicted molar refractivity (Wildman–Crippen MR) is 115 cm³/mol. The zero-order chi connectivity index (χ0) is 19.7. The third-order valence-electron chi connectivity index (χ3n) is 4.47. The van der Waals surface area contributed by atoms with Gasteiger partial charge >= 0.3 is 0 Å². The number of benzene rings is 2. The molecule has 0 saturated heterocycles. The quantitative estimate of drug-likeness (QED) is 0.352. The molecule has 4 nitrogen and oxygen atoms in total. The first-order valence-corrected chi connectivity index (χ1v) is 9.91. The van der Waals surface area contributed by atoms with Crippen LogP contribution in [0.4, 0.5) is 0 Å². The Morgan fingerprint density at radius 3 is 2.57 bits per heavy atom. The maximum absolute atomic E-state index is 5.94. The van der Waals surface area contributed by atoms with E-state index in [4.69, 9.17) is 26.1 Å². The maximum Gasteiger partial charge on any atom is 0.161 e. The van der Waals surface area contributed by atoms with Crippen LogP contribution in [-0.2, 0) is 6.61 Å². The zero-order valence-electron chi connectivity index (χ0n) is 15.4. The Bertz CT molecular complexity index is 1140. The molecule has 0 bridgehead atoms. The molecule has 0 fully saturated rings. The Kier molecular flexibility index (Phi) is 5.29. The Balaban J connectivity index is 1.61. The summed E-state index contributed by atoms with van der Waals surface area (Å²) in [6.45, 7) is 2.49. The van der Waals surface area contributed by atoms with Crippen molar-refractivity contribution in [3.05, 3.63) is 81.5 Å². The fraction of sp³-hybridized carbons (Fsp3) is 0.136. The van der Waals surface area contributed by atoms with Crippen molar-refractivity contribution in [3.63, 3.8) is 0 Å². The molecule has 2 aromatic heterocycles. The van der Waals surface area contributed by atoms with Crippen molar-refractivity contribution >= 4 is 33.2 Å². The Morgan fingerprint density at radius 2 is 1.82 bits per heavy atom. The summed E-state index contributed by atoms with van der Waals surface area (Å²) in [6.07, 6.45) is 4.01. The molecular weight excluding hydrogens is 440 g/mol. The molecule has 0 N–H and O–H groups in total. The molecule has 2 aromatic carbocycles. The maximum atomic E-state index is 5.94. The number of aromatic nitrogens is 2. The van der Waals surface area contributed by atoms with E-state index in [0.29, 0.717) is 23.1 Å². The van der Waals surface area contributed by atoms with Gasteiger partial charge in [0.2, 0.25) is 0 Å². The molecule has 0 atom stereocenters. The van der Waals surface area contributed by atoms with Gasteiger partial charge < -0.3 is 13.9 Å². The van der Waals surface area contributed by atoms with Crippen LogP contribution in [0.25, 0.3) is 16.9 Å². The van der Waals surface area contributed by atoms with E-state index in [2.05, 4.69) is 22.0 Å². The summed E-state index contributed by atoms with van der Waals surface area (Å²) in [5.74, 6) is 1.35. The standard InChI is InChI=1S/C22H18BrClN2O2/c1-14-9-17(23)11-26-12-19(25-22(14)26)16-5-8-20(21(10-16)27-2)28-13-15-3-6-18(24)7-4-15/h3-12H,13H2,1-2H3. The molecule has 0 amide bonds. The highest BCUT2D eigenvalue weighted by Gasteiger charge is 2.11. The molecule has 4 aromatic rings. The van der Waals surface area contributed by atoms with Gasteiger partial charge in [-0.2, -0.15) is 0 Å². The smallest absolute Gasteiger partial charge is 0.161 e. The van der Waals surface area contributed by atoms with Crippen LogP contribution in [0, 0.1) is 6.92 Å². The number of aryl methyl sites for hydroxylation is 1. The van der Waals surface area contributed by atoms with Crippen molar-refractivity contribution in [2.24, 2.45) is 0 Å². The van der Waals surface area contributed by atoms with Gasteiger partial charge in [-0.15, -0.1) is 0 Å². The van der Waals surface area contributed by atoms with Gasteiger partial charge in [0.25, 0.3) is 0 Å². The average molecular weight is 458 g/mol. The fourth-order valence-electron chi connectivity index (χ4n) is 3.05. The van der Waals surface area contributed by atoms with E-state index in [-0.39, 0.29) is 0 Å². The second-order valence-corrected chi connectivity index (χ2v) is 7.83. The molecule has 0 radical (unpaired) electrons. The van der Waals surface area contributed by atoms with Crippen LogP contribution in [0.3, 0.4) is 0 Å². The molecule has 2 heterocycles. The number of ether oxygens (including phenoxy) is 2.